The Kier molecular flexibility index (Phi) is 3.39. The molecule has 0 aliphatic carbocycles. The number of anilines is 1. The predicted molar refractivity (Wildman–Crippen MR) is 52.3 cm³/mol. The summed E-state index contributed by atoms with van der Waals surface area (Å²) in [5, 5.41) is 2.02. The second kappa shape index (κ2) is 4.56. The van der Waals surface area contributed by atoms with Gasteiger partial charge in [-0.15, -0.1) is 0 Å². The molecule has 0 spiro atoms. The number of nitrogen functional groups attached to an aromatic ring is 1. The second-order valence-electron chi connectivity index (χ2n) is 3.01. The molecule has 5 N–H and O–H groups in total. The summed E-state index contributed by atoms with van der Waals surface area (Å²) in [6, 6.07) is 1.43. The average molecular weight is 229 g/mol. The molecule has 0 aromatic heterocycles. The molecule has 2 amide bonds. The summed E-state index contributed by atoms with van der Waals surface area (Å²) >= 11 is 0. The molecule has 86 valence electrons. The van der Waals surface area contributed by atoms with Gasteiger partial charge >= 0.3 is 0 Å². The van der Waals surface area contributed by atoms with Gasteiger partial charge in [-0.1, -0.05) is 0 Å². The van der Waals surface area contributed by atoms with Crippen molar-refractivity contribution >= 4 is 17.5 Å². The highest BCUT2D eigenvalue weighted by molar-refractivity contribution is 5.97. The minimum Gasteiger partial charge on any atom is -0.396 e. The van der Waals surface area contributed by atoms with E-state index in [-0.39, 0.29) is 0 Å². The van der Waals surface area contributed by atoms with Gasteiger partial charge in [-0.25, -0.2) is 8.78 Å². The van der Waals surface area contributed by atoms with Crippen LogP contribution in [0.5, 0.6) is 0 Å². The molecule has 5 nitrogen and oxygen atoms in total. The predicted octanol–water partition coefficient (Wildman–Crippen LogP) is -0.238. The standard InChI is InChI=1S/C9H9F2N3O2/c10-4-1-5(8(11)6(12)2-4)9(16)14-3-7(13)15/h1-2H,3,12H2,(H2,13,15)(H,14,16). The van der Waals surface area contributed by atoms with Crippen LogP contribution >= 0.6 is 0 Å². The molecule has 1 aromatic rings. The lowest BCUT2D eigenvalue weighted by Crippen LogP contribution is -2.33. The van der Waals surface area contributed by atoms with Crippen molar-refractivity contribution in [2.75, 3.05) is 12.3 Å². The first-order valence-electron chi connectivity index (χ1n) is 4.23. The molecule has 0 fully saturated rings. The molecule has 0 radical (unpaired) electrons. The van der Waals surface area contributed by atoms with Crippen molar-refractivity contribution in [3.63, 3.8) is 0 Å². The smallest absolute Gasteiger partial charge is 0.254 e. The highest BCUT2D eigenvalue weighted by Gasteiger charge is 2.16. The van der Waals surface area contributed by atoms with E-state index in [0.717, 1.165) is 6.07 Å². The van der Waals surface area contributed by atoms with Crippen molar-refractivity contribution in [2.45, 2.75) is 0 Å². The maximum atomic E-state index is 13.3. The Morgan fingerprint density at radius 3 is 2.50 bits per heavy atom. The number of amides is 2. The lowest BCUT2D eigenvalue weighted by Gasteiger charge is -2.06. The fraction of sp³-hybridized carbons (Fsp3) is 0.111. The van der Waals surface area contributed by atoms with Crippen LogP contribution in [0.1, 0.15) is 10.4 Å². The topological polar surface area (TPSA) is 98.2 Å². The molecule has 1 rings (SSSR count). The molecular weight excluding hydrogens is 220 g/mol. The molecule has 0 bridgehead atoms. The molecular formula is C9H9F2N3O2. The van der Waals surface area contributed by atoms with E-state index >= 15 is 0 Å². The van der Waals surface area contributed by atoms with Crippen LogP contribution in [0, 0.1) is 11.6 Å². The Morgan fingerprint density at radius 2 is 1.94 bits per heavy atom. The van der Waals surface area contributed by atoms with Crippen molar-refractivity contribution in [1.29, 1.82) is 0 Å². The van der Waals surface area contributed by atoms with E-state index in [1.807, 2.05) is 5.32 Å². The fourth-order valence-electron chi connectivity index (χ4n) is 1.04. The highest BCUT2D eigenvalue weighted by atomic mass is 19.1. The molecule has 0 atom stereocenters. The largest absolute Gasteiger partial charge is 0.396 e. The van der Waals surface area contributed by atoms with E-state index in [1.165, 1.54) is 0 Å². The van der Waals surface area contributed by atoms with Crippen LogP contribution in [0.2, 0.25) is 0 Å². The number of carbonyl (C=O) groups excluding carboxylic acids is 2. The minimum atomic E-state index is -1.04. The molecule has 1 aromatic carbocycles. The summed E-state index contributed by atoms with van der Waals surface area (Å²) in [4.78, 5) is 21.7. The van der Waals surface area contributed by atoms with Crippen LogP contribution in [-0.2, 0) is 4.79 Å². The maximum Gasteiger partial charge on any atom is 0.254 e. The summed E-state index contributed by atoms with van der Waals surface area (Å²) in [6.07, 6.45) is 0. The van der Waals surface area contributed by atoms with Crippen molar-refractivity contribution in [2.24, 2.45) is 5.73 Å². The van der Waals surface area contributed by atoms with Gasteiger partial charge in [0.2, 0.25) is 5.91 Å². The number of benzene rings is 1. The molecule has 0 heterocycles. The van der Waals surface area contributed by atoms with Crippen LogP contribution in [0.4, 0.5) is 14.5 Å². The van der Waals surface area contributed by atoms with E-state index in [1.54, 1.807) is 0 Å². The molecule has 0 aliphatic heterocycles. The molecule has 0 saturated carbocycles. The third kappa shape index (κ3) is 2.66. The van der Waals surface area contributed by atoms with Gasteiger partial charge in [0.05, 0.1) is 17.8 Å². The molecule has 0 unspecified atom stereocenters. The maximum absolute atomic E-state index is 13.3. The number of rotatable bonds is 3. The number of nitrogens with two attached hydrogens (primary N) is 2. The van der Waals surface area contributed by atoms with E-state index < -0.39 is 41.2 Å². The van der Waals surface area contributed by atoms with Gasteiger partial charge in [0, 0.05) is 0 Å². The molecule has 7 heteroatoms. The van der Waals surface area contributed by atoms with Gasteiger partial charge in [0.25, 0.3) is 5.91 Å². The second-order valence-corrected chi connectivity index (χ2v) is 3.01. The lowest BCUT2D eigenvalue weighted by molar-refractivity contribution is -0.117. The van der Waals surface area contributed by atoms with Crippen LogP contribution in [0.3, 0.4) is 0 Å². The van der Waals surface area contributed by atoms with Gasteiger partial charge in [-0.3, -0.25) is 9.59 Å². The first kappa shape index (κ1) is 11.9. The number of hydrogen-bond acceptors (Lipinski definition) is 3. The normalized spacial score (nSPS) is 9.88. The monoisotopic (exact) mass is 229 g/mol. The number of primary amides is 1. The van der Waals surface area contributed by atoms with Gasteiger partial charge in [-0.2, -0.15) is 0 Å². The number of carbonyl (C=O) groups is 2. The molecule has 0 aliphatic rings. The van der Waals surface area contributed by atoms with Crippen molar-refractivity contribution in [1.82, 2.24) is 5.32 Å². The van der Waals surface area contributed by atoms with E-state index in [0.29, 0.717) is 6.07 Å². The van der Waals surface area contributed by atoms with E-state index in [2.05, 4.69) is 0 Å². The zero-order chi connectivity index (χ0) is 12.3. The van der Waals surface area contributed by atoms with Gasteiger partial charge in [-0.05, 0) is 12.1 Å². The van der Waals surface area contributed by atoms with Crippen molar-refractivity contribution in [3.05, 3.63) is 29.3 Å². The van der Waals surface area contributed by atoms with Gasteiger partial charge in [0.1, 0.15) is 5.82 Å². The summed E-state index contributed by atoms with van der Waals surface area (Å²) < 4.78 is 26.1. The molecule has 0 saturated heterocycles. The Balaban J connectivity index is 2.95. The first-order chi connectivity index (χ1) is 7.41. The van der Waals surface area contributed by atoms with Crippen molar-refractivity contribution < 1.29 is 18.4 Å². The van der Waals surface area contributed by atoms with Crippen LogP contribution < -0.4 is 16.8 Å². The van der Waals surface area contributed by atoms with Crippen molar-refractivity contribution in [3.8, 4) is 0 Å². The Bertz CT molecular complexity index is 449. The Labute approximate surface area is 89.4 Å². The summed E-state index contributed by atoms with van der Waals surface area (Å²) in [5.41, 5.74) is 8.85. The third-order valence-electron chi connectivity index (χ3n) is 1.73. The Morgan fingerprint density at radius 1 is 1.31 bits per heavy atom. The van der Waals surface area contributed by atoms with E-state index in [9.17, 15) is 18.4 Å². The number of nitrogens with one attached hydrogen (secondary N) is 1. The summed E-state index contributed by atoms with van der Waals surface area (Å²) in [6.45, 7) is -0.464. The lowest BCUT2D eigenvalue weighted by atomic mass is 10.1. The van der Waals surface area contributed by atoms with E-state index in [4.69, 9.17) is 11.5 Å². The zero-order valence-corrected chi connectivity index (χ0v) is 8.09. The Hall–Kier alpha value is -2.18. The first-order valence-corrected chi connectivity index (χ1v) is 4.23. The minimum absolute atomic E-state index is 0.464. The number of hydrogen-bond donors (Lipinski definition) is 3. The summed E-state index contributed by atoms with van der Waals surface area (Å²) in [5.74, 6) is -3.63. The van der Waals surface area contributed by atoms with Crippen LogP contribution in [-0.4, -0.2) is 18.4 Å². The quantitative estimate of drug-likeness (QED) is 0.624. The molecule has 16 heavy (non-hydrogen) atoms. The zero-order valence-electron chi connectivity index (χ0n) is 8.09. The van der Waals surface area contributed by atoms with Crippen LogP contribution in [0.15, 0.2) is 12.1 Å². The summed E-state index contributed by atoms with van der Waals surface area (Å²) in [7, 11) is 0. The average Bonchev–Trinajstić information content (AvgIpc) is 2.19. The van der Waals surface area contributed by atoms with Gasteiger partial charge < -0.3 is 16.8 Å². The van der Waals surface area contributed by atoms with Gasteiger partial charge in [0.15, 0.2) is 5.82 Å². The highest BCUT2D eigenvalue weighted by Crippen LogP contribution is 2.17. The SMILES string of the molecule is NC(=O)CNC(=O)c1cc(F)cc(N)c1F. The number of halogens is 2. The third-order valence-corrected chi connectivity index (χ3v) is 1.73. The van der Waals surface area contributed by atoms with Crippen LogP contribution in [0.25, 0.3) is 0 Å². The fourth-order valence-corrected chi connectivity index (χ4v) is 1.04.